The summed E-state index contributed by atoms with van der Waals surface area (Å²) in [5.41, 5.74) is 0. The molecule has 0 aromatic carbocycles. The Morgan fingerprint density at radius 1 is 1.24 bits per heavy atom. The lowest BCUT2D eigenvalue weighted by atomic mass is 9.88. The van der Waals surface area contributed by atoms with E-state index in [0.29, 0.717) is 43.0 Å². The van der Waals surface area contributed by atoms with E-state index in [1.165, 1.54) is 34.9 Å². The lowest BCUT2D eigenvalue weighted by Crippen LogP contribution is -2.40. The van der Waals surface area contributed by atoms with Gasteiger partial charge in [-0.2, -0.15) is 4.31 Å². The minimum absolute atomic E-state index is 0.137. The fraction of sp³-hybridized carbons (Fsp3) is 0.706. The fourth-order valence-corrected chi connectivity index (χ4v) is 7.24. The molecule has 1 aromatic rings. The monoisotopic (exact) mass is 384 g/mol. The van der Waals surface area contributed by atoms with Crippen molar-refractivity contribution in [3.8, 4) is 0 Å². The van der Waals surface area contributed by atoms with E-state index in [1.54, 1.807) is 12.1 Å². The summed E-state index contributed by atoms with van der Waals surface area (Å²) in [6.45, 7) is 2.09. The highest BCUT2D eigenvalue weighted by Crippen LogP contribution is 2.48. The second-order valence-electron chi connectivity index (χ2n) is 7.24. The number of nitrogens with zero attached hydrogens (tertiary/aromatic N) is 1. The van der Waals surface area contributed by atoms with Gasteiger partial charge in [0.25, 0.3) is 10.0 Å². The average Bonchev–Trinajstić information content (AvgIpc) is 3.37. The van der Waals surface area contributed by atoms with Crippen LogP contribution in [0.5, 0.6) is 0 Å². The number of carbonyl (C=O) groups is 1. The van der Waals surface area contributed by atoms with Crippen molar-refractivity contribution in [2.24, 2.45) is 17.8 Å². The number of amides is 1. The van der Waals surface area contributed by atoms with Crippen LogP contribution in [0.3, 0.4) is 0 Å². The van der Waals surface area contributed by atoms with Gasteiger partial charge in [0, 0.05) is 23.9 Å². The Balaban J connectivity index is 1.36. The SMILES string of the molecule is O=C(NCc1ccc(S(=O)(=O)N2CCOCC2)s1)[C@H]1C[C@H]2CC[C@H]1C2. The summed E-state index contributed by atoms with van der Waals surface area (Å²) >= 11 is 1.25. The van der Waals surface area contributed by atoms with Gasteiger partial charge in [0.05, 0.1) is 19.8 Å². The predicted octanol–water partition coefficient (Wildman–Crippen LogP) is 1.82. The molecule has 2 saturated carbocycles. The van der Waals surface area contributed by atoms with Crippen LogP contribution >= 0.6 is 11.3 Å². The Bertz CT molecular complexity index is 740. The summed E-state index contributed by atoms with van der Waals surface area (Å²) in [6, 6.07) is 3.45. The summed E-state index contributed by atoms with van der Waals surface area (Å²) in [6.07, 6.45) is 4.70. The normalized spacial score (nSPS) is 29.8. The molecule has 6 nitrogen and oxygen atoms in total. The van der Waals surface area contributed by atoms with Gasteiger partial charge in [0.2, 0.25) is 5.91 Å². The maximum atomic E-state index is 12.6. The number of carbonyl (C=O) groups excluding carboxylic acids is 1. The van der Waals surface area contributed by atoms with Crippen molar-refractivity contribution in [2.75, 3.05) is 26.3 Å². The van der Waals surface area contributed by atoms with Crippen LogP contribution in [0.25, 0.3) is 0 Å². The molecule has 0 radical (unpaired) electrons. The van der Waals surface area contributed by atoms with Gasteiger partial charge >= 0.3 is 0 Å². The van der Waals surface area contributed by atoms with Gasteiger partial charge in [-0.1, -0.05) is 6.42 Å². The molecule has 2 bridgehead atoms. The lowest BCUT2D eigenvalue weighted by molar-refractivity contribution is -0.126. The molecule has 2 heterocycles. The maximum Gasteiger partial charge on any atom is 0.252 e. The van der Waals surface area contributed by atoms with Crippen LogP contribution in [0.1, 0.15) is 30.6 Å². The molecular formula is C17H24N2O4S2. The van der Waals surface area contributed by atoms with Crippen LogP contribution < -0.4 is 5.32 Å². The van der Waals surface area contributed by atoms with Gasteiger partial charge in [-0.3, -0.25) is 4.79 Å². The van der Waals surface area contributed by atoms with Gasteiger partial charge in [-0.25, -0.2) is 8.42 Å². The van der Waals surface area contributed by atoms with E-state index in [1.807, 2.05) is 0 Å². The Labute approximate surface area is 152 Å². The average molecular weight is 385 g/mol. The van der Waals surface area contributed by atoms with Crippen molar-refractivity contribution in [3.05, 3.63) is 17.0 Å². The number of thiophene rings is 1. The largest absolute Gasteiger partial charge is 0.379 e. The fourth-order valence-electron chi connectivity index (χ4n) is 4.38. The van der Waals surface area contributed by atoms with E-state index in [0.717, 1.165) is 17.2 Å². The summed E-state index contributed by atoms with van der Waals surface area (Å²) in [5, 5.41) is 3.01. The molecular weight excluding hydrogens is 360 g/mol. The Kier molecular flexibility index (Phi) is 4.87. The molecule has 1 saturated heterocycles. The van der Waals surface area contributed by atoms with Crippen molar-refractivity contribution in [1.82, 2.24) is 9.62 Å². The van der Waals surface area contributed by atoms with Gasteiger partial charge in [0.15, 0.2) is 0 Å². The van der Waals surface area contributed by atoms with Crippen LogP contribution in [0.15, 0.2) is 16.3 Å². The van der Waals surface area contributed by atoms with Crippen molar-refractivity contribution in [3.63, 3.8) is 0 Å². The number of rotatable bonds is 5. The van der Waals surface area contributed by atoms with Gasteiger partial charge < -0.3 is 10.1 Å². The van der Waals surface area contributed by atoms with Crippen molar-refractivity contribution >= 4 is 27.3 Å². The van der Waals surface area contributed by atoms with Gasteiger partial charge in [0.1, 0.15) is 4.21 Å². The van der Waals surface area contributed by atoms with E-state index in [-0.39, 0.29) is 11.8 Å². The summed E-state index contributed by atoms with van der Waals surface area (Å²) in [7, 11) is -3.44. The first kappa shape index (κ1) is 17.5. The Morgan fingerprint density at radius 3 is 2.72 bits per heavy atom. The van der Waals surface area contributed by atoms with Crippen LogP contribution in [-0.4, -0.2) is 44.9 Å². The quantitative estimate of drug-likeness (QED) is 0.840. The molecule has 1 amide bonds. The molecule has 1 aromatic heterocycles. The van der Waals surface area contributed by atoms with Gasteiger partial charge in [-0.05, 0) is 43.2 Å². The number of sulfonamides is 1. The first-order valence-electron chi connectivity index (χ1n) is 8.98. The number of hydrogen-bond acceptors (Lipinski definition) is 5. The number of hydrogen-bond donors (Lipinski definition) is 1. The summed E-state index contributed by atoms with van der Waals surface area (Å²) in [5.74, 6) is 1.60. The number of ether oxygens (including phenoxy) is 1. The zero-order chi connectivity index (χ0) is 17.4. The van der Waals surface area contributed by atoms with Crippen LogP contribution in [0, 0.1) is 17.8 Å². The highest BCUT2D eigenvalue weighted by molar-refractivity contribution is 7.91. The summed E-state index contributed by atoms with van der Waals surface area (Å²) in [4.78, 5) is 13.3. The zero-order valence-electron chi connectivity index (χ0n) is 14.1. The van der Waals surface area contributed by atoms with E-state index >= 15 is 0 Å². The predicted molar refractivity (Wildman–Crippen MR) is 94.7 cm³/mol. The van der Waals surface area contributed by atoms with Gasteiger partial charge in [-0.15, -0.1) is 11.3 Å². The van der Waals surface area contributed by atoms with E-state index < -0.39 is 10.0 Å². The smallest absolute Gasteiger partial charge is 0.252 e. The Hall–Kier alpha value is -0.960. The molecule has 3 fully saturated rings. The molecule has 0 unspecified atom stereocenters. The zero-order valence-corrected chi connectivity index (χ0v) is 15.8. The van der Waals surface area contributed by atoms with Crippen molar-refractivity contribution in [1.29, 1.82) is 0 Å². The molecule has 4 rings (SSSR count). The van der Waals surface area contributed by atoms with Crippen LogP contribution in [-0.2, 0) is 26.1 Å². The topological polar surface area (TPSA) is 75.7 Å². The molecule has 8 heteroatoms. The first-order chi connectivity index (χ1) is 12.0. The lowest BCUT2D eigenvalue weighted by Gasteiger charge is -2.25. The molecule has 3 atom stereocenters. The maximum absolute atomic E-state index is 12.6. The number of fused-ring (bicyclic) bond motifs is 2. The third kappa shape index (κ3) is 3.49. The van der Waals surface area contributed by atoms with E-state index in [2.05, 4.69) is 5.32 Å². The first-order valence-corrected chi connectivity index (χ1v) is 11.2. The summed E-state index contributed by atoms with van der Waals surface area (Å²) < 4.78 is 32.3. The second kappa shape index (κ2) is 6.98. The standard InChI is InChI=1S/C17H24N2O4S2/c20-17(15-10-12-1-2-13(15)9-12)18-11-14-3-4-16(24-14)25(21,22)19-5-7-23-8-6-19/h3-4,12-13,15H,1-2,5-11H2,(H,18,20)/t12-,13-,15-/m0/s1. The number of morpholine rings is 1. The molecule has 25 heavy (non-hydrogen) atoms. The molecule has 2 aliphatic carbocycles. The van der Waals surface area contributed by atoms with E-state index in [9.17, 15) is 13.2 Å². The van der Waals surface area contributed by atoms with Crippen LogP contribution in [0.4, 0.5) is 0 Å². The molecule has 138 valence electrons. The van der Waals surface area contributed by atoms with Crippen molar-refractivity contribution < 1.29 is 17.9 Å². The van der Waals surface area contributed by atoms with Crippen molar-refractivity contribution in [2.45, 2.75) is 36.4 Å². The third-order valence-electron chi connectivity index (χ3n) is 5.71. The highest BCUT2D eigenvalue weighted by Gasteiger charge is 2.42. The molecule has 3 aliphatic rings. The number of nitrogens with one attached hydrogen (secondary N) is 1. The highest BCUT2D eigenvalue weighted by atomic mass is 32.2. The second-order valence-corrected chi connectivity index (χ2v) is 10.6. The Morgan fingerprint density at radius 2 is 2.04 bits per heavy atom. The third-order valence-corrected chi connectivity index (χ3v) is 9.16. The van der Waals surface area contributed by atoms with Crippen LogP contribution in [0.2, 0.25) is 0 Å². The minimum Gasteiger partial charge on any atom is -0.379 e. The van der Waals surface area contributed by atoms with E-state index in [4.69, 9.17) is 4.74 Å². The molecule has 1 aliphatic heterocycles. The molecule has 1 N–H and O–H groups in total. The minimum atomic E-state index is -3.44. The molecule has 0 spiro atoms.